The van der Waals surface area contributed by atoms with E-state index in [0.717, 1.165) is 10.8 Å². The molecule has 0 aliphatic heterocycles. The van der Waals surface area contributed by atoms with Crippen molar-refractivity contribution in [1.29, 1.82) is 0 Å². The molecule has 2 heterocycles. The van der Waals surface area contributed by atoms with Gasteiger partial charge in [-0.2, -0.15) is 0 Å². The molecule has 6 aromatic rings. The Labute approximate surface area is 212 Å². The molecule has 0 saturated carbocycles. The number of pyridine rings is 1. The van der Waals surface area contributed by atoms with Crippen LogP contribution in [0.2, 0.25) is 0 Å². The quantitative estimate of drug-likeness (QED) is 0.270. The maximum absolute atomic E-state index is 8.36. The van der Waals surface area contributed by atoms with E-state index in [1.165, 1.54) is 18.3 Å². The molecule has 4 aromatic carbocycles. The Kier molecular flexibility index (Phi) is 3.04. The summed E-state index contributed by atoms with van der Waals surface area (Å²) >= 11 is 0. The molecule has 2 aromatic heterocycles. The molecule has 0 atom stereocenters. The van der Waals surface area contributed by atoms with Gasteiger partial charge in [0.1, 0.15) is 11.2 Å². The number of aromatic nitrogens is 1. The average molecular weight is 449 g/mol. The number of para-hydroxylation sites is 2. The van der Waals surface area contributed by atoms with Gasteiger partial charge in [0.15, 0.2) is 0 Å². The van der Waals surface area contributed by atoms with E-state index in [-0.39, 0.29) is 27.8 Å². The van der Waals surface area contributed by atoms with Crippen molar-refractivity contribution in [2.75, 3.05) is 0 Å². The lowest BCUT2D eigenvalue weighted by molar-refractivity contribution is 0.670. The lowest BCUT2D eigenvalue weighted by Gasteiger charge is -2.14. The summed E-state index contributed by atoms with van der Waals surface area (Å²) in [5.74, 6) is 0. The molecule has 0 radical (unpaired) electrons. The molecular weight excluding hydrogens is 414 g/mol. The smallest absolute Gasteiger partial charge is 0.144 e. The van der Waals surface area contributed by atoms with Gasteiger partial charge in [-0.05, 0) is 77.7 Å². The van der Waals surface area contributed by atoms with Crippen molar-refractivity contribution in [2.45, 2.75) is 20.6 Å². The van der Waals surface area contributed by atoms with Gasteiger partial charge in [-0.3, -0.25) is 4.98 Å². The van der Waals surface area contributed by atoms with Crippen LogP contribution in [0, 0.1) is 20.6 Å². The van der Waals surface area contributed by atoms with Gasteiger partial charge in [-0.1, -0.05) is 72.8 Å². The highest BCUT2D eigenvalue weighted by Gasteiger charge is 2.15. The van der Waals surface area contributed by atoms with Gasteiger partial charge in [0.25, 0.3) is 0 Å². The molecule has 0 N–H and O–H groups in total. The number of benzene rings is 4. The van der Waals surface area contributed by atoms with Crippen LogP contribution in [0.5, 0.6) is 0 Å². The second-order valence-corrected chi connectivity index (χ2v) is 8.20. The molecule has 2 heteroatoms. The van der Waals surface area contributed by atoms with Crippen LogP contribution in [-0.2, 0) is 0 Å². The fourth-order valence-corrected chi connectivity index (χ4v) is 4.46. The van der Waals surface area contributed by atoms with Crippen molar-refractivity contribution in [1.82, 2.24) is 4.98 Å². The molecule has 0 bridgehead atoms. The fourth-order valence-electron chi connectivity index (χ4n) is 4.46. The van der Waals surface area contributed by atoms with E-state index in [4.69, 9.17) is 16.8 Å². The Morgan fingerprint density at radius 3 is 2.32 bits per heavy atom. The lowest BCUT2D eigenvalue weighted by Crippen LogP contribution is -1.93. The van der Waals surface area contributed by atoms with Gasteiger partial charge in [-0.25, -0.2) is 0 Å². The molecule has 0 aliphatic rings. The van der Waals surface area contributed by atoms with E-state index >= 15 is 0 Å². The summed E-state index contributed by atoms with van der Waals surface area (Å²) in [7, 11) is 0. The van der Waals surface area contributed by atoms with Crippen molar-refractivity contribution in [3.63, 3.8) is 0 Å². The van der Waals surface area contributed by atoms with Gasteiger partial charge < -0.3 is 4.42 Å². The van der Waals surface area contributed by atoms with Gasteiger partial charge in [-0.15, -0.1) is 0 Å². The minimum atomic E-state index is -2.64. The van der Waals surface area contributed by atoms with Crippen LogP contribution in [0.3, 0.4) is 0 Å². The molecule has 0 unspecified atom stereocenters. The maximum atomic E-state index is 8.36. The fraction of sp³-hybridized carbons (Fsp3) is 0.0938. The van der Waals surface area contributed by atoms with E-state index < -0.39 is 20.6 Å². The number of hydrogen-bond acceptors (Lipinski definition) is 2. The highest BCUT2D eigenvalue weighted by atomic mass is 16.3. The number of aryl methyl sites for hydroxylation is 3. The molecule has 0 amide bonds. The Morgan fingerprint density at radius 1 is 0.618 bits per heavy atom. The summed E-state index contributed by atoms with van der Waals surface area (Å²) in [5, 5.41) is 1.80. The first-order chi connectivity index (χ1) is 20.2. The lowest BCUT2D eigenvalue weighted by atomic mass is 9.92. The minimum Gasteiger partial charge on any atom is -0.455 e. The summed E-state index contributed by atoms with van der Waals surface area (Å²) in [6, 6.07) is 25.9. The van der Waals surface area contributed by atoms with Crippen molar-refractivity contribution in [3.8, 4) is 33.5 Å². The van der Waals surface area contributed by atoms with Crippen molar-refractivity contribution in [2.24, 2.45) is 0 Å². The van der Waals surface area contributed by atoms with Crippen molar-refractivity contribution < 1.29 is 16.8 Å². The Bertz CT molecular complexity index is 2000. The zero-order valence-corrected chi connectivity index (χ0v) is 18.1. The number of hydrogen-bond donors (Lipinski definition) is 0. The van der Waals surface area contributed by atoms with Crippen LogP contribution in [0.4, 0.5) is 0 Å². The van der Waals surface area contributed by atoms with Crippen LogP contribution in [-0.4, -0.2) is 4.98 Å². The molecular formula is C32H25NO. The monoisotopic (exact) mass is 448 g/mol. The largest absolute Gasteiger partial charge is 0.455 e. The van der Waals surface area contributed by atoms with E-state index in [1.54, 1.807) is 36.4 Å². The van der Waals surface area contributed by atoms with E-state index in [9.17, 15) is 0 Å². The second kappa shape index (κ2) is 8.00. The van der Waals surface area contributed by atoms with E-state index in [1.807, 2.05) is 42.5 Å². The van der Waals surface area contributed by atoms with Crippen LogP contribution in [0.25, 0.3) is 55.4 Å². The zero-order valence-electron chi connectivity index (χ0n) is 27.1. The predicted octanol–water partition coefficient (Wildman–Crippen LogP) is 8.91. The number of furan rings is 1. The standard InChI is InChI=1S/C32H25NO/c1-20-9-4-5-10-24(20)23-15-16-25(21(2)17-23)29-18-30(33-19-22(29)3)28-13-8-12-27-26-11-6-7-14-31(26)34-32(27)28/h4-19H,1-3H3/i1D3,2D3,3D3. The van der Waals surface area contributed by atoms with Crippen LogP contribution in [0.15, 0.2) is 102 Å². The molecule has 0 saturated heterocycles. The summed E-state index contributed by atoms with van der Waals surface area (Å²) in [5.41, 5.74) is 3.38. The van der Waals surface area contributed by atoms with E-state index in [2.05, 4.69) is 4.98 Å². The zero-order chi connectivity index (χ0) is 30.7. The summed E-state index contributed by atoms with van der Waals surface area (Å²) in [6.45, 7) is -7.65. The first-order valence-electron chi connectivity index (χ1n) is 15.4. The topological polar surface area (TPSA) is 26.0 Å². The normalized spacial score (nSPS) is 16.4. The van der Waals surface area contributed by atoms with Crippen LogP contribution in [0.1, 0.15) is 29.0 Å². The molecule has 0 aliphatic carbocycles. The van der Waals surface area contributed by atoms with Gasteiger partial charge in [0.2, 0.25) is 0 Å². The third-order valence-electron chi connectivity index (χ3n) is 6.13. The maximum Gasteiger partial charge on any atom is 0.144 e. The van der Waals surface area contributed by atoms with Gasteiger partial charge >= 0.3 is 0 Å². The molecule has 0 spiro atoms. The molecule has 6 rings (SSSR count). The third kappa shape index (κ3) is 3.31. The van der Waals surface area contributed by atoms with Crippen molar-refractivity contribution >= 4 is 21.9 Å². The van der Waals surface area contributed by atoms with Crippen LogP contribution < -0.4 is 0 Å². The predicted molar refractivity (Wildman–Crippen MR) is 142 cm³/mol. The van der Waals surface area contributed by atoms with Gasteiger partial charge in [0.05, 0.1) is 5.69 Å². The molecule has 0 fully saturated rings. The van der Waals surface area contributed by atoms with E-state index in [0.29, 0.717) is 33.6 Å². The summed E-state index contributed by atoms with van der Waals surface area (Å²) in [6.07, 6.45) is 1.26. The summed E-state index contributed by atoms with van der Waals surface area (Å²) < 4.78 is 79.8. The number of rotatable bonds is 3. The molecule has 34 heavy (non-hydrogen) atoms. The number of fused-ring (bicyclic) bond motifs is 3. The third-order valence-corrected chi connectivity index (χ3v) is 6.13. The highest BCUT2D eigenvalue weighted by molar-refractivity contribution is 6.09. The Balaban J connectivity index is 1.60. The molecule has 2 nitrogen and oxygen atoms in total. The minimum absolute atomic E-state index is 0.0903. The van der Waals surface area contributed by atoms with Crippen LogP contribution >= 0.6 is 0 Å². The highest BCUT2D eigenvalue weighted by Crippen LogP contribution is 2.37. The number of nitrogens with zero attached hydrogens (tertiary/aromatic N) is 1. The average Bonchev–Trinajstić information content (AvgIpc) is 3.34. The second-order valence-electron chi connectivity index (χ2n) is 8.20. The van der Waals surface area contributed by atoms with Crippen molar-refractivity contribution in [3.05, 3.63) is 114 Å². The Morgan fingerprint density at radius 2 is 1.41 bits per heavy atom. The van der Waals surface area contributed by atoms with Gasteiger partial charge in [0, 0.05) is 34.9 Å². The molecule has 164 valence electrons. The first-order valence-corrected chi connectivity index (χ1v) is 10.9. The first kappa shape index (κ1) is 12.9. The Hall–Kier alpha value is -4.17. The summed E-state index contributed by atoms with van der Waals surface area (Å²) in [4.78, 5) is 4.49. The SMILES string of the molecule is [2H]C([2H])([2H])c1ccccc1-c1ccc(-c2cc(-c3cccc4c3oc3ccccc34)ncc2C([2H])([2H])[2H])c(C([2H])([2H])[2H])c1.